The van der Waals surface area contributed by atoms with Gasteiger partial charge in [0.2, 0.25) is 5.91 Å². The molecule has 128 valence electrons. The van der Waals surface area contributed by atoms with Crippen LogP contribution in [-0.4, -0.2) is 23.4 Å². The Hall–Kier alpha value is -1.81. The second-order valence-electron chi connectivity index (χ2n) is 6.24. The molecule has 0 spiro atoms. The maximum Gasteiger partial charge on any atom is 0.224 e. The summed E-state index contributed by atoms with van der Waals surface area (Å²) in [5.41, 5.74) is 3.39. The third-order valence-electron chi connectivity index (χ3n) is 3.98. The summed E-state index contributed by atoms with van der Waals surface area (Å²) in [5, 5.41) is 3.32. The van der Waals surface area contributed by atoms with Crippen molar-refractivity contribution in [1.29, 1.82) is 0 Å². The second kappa shape index (κ2) is 8.88. The van der Waals surface area contributed by atoms with Gasteiger partial charge in [-0.1, -0.05) is 52.3 Å². The molecule has 4 heteroatoms. The number of rotatable bonds is 7. The monoisotopic (exact) mass is 388 g/mol. The third kappa shape index (κ3) is 5.38. The average Bonchev–Trinajstić information content (AvgIpc) is 2.56. The van der Waals surface area contributed by atoms with Gasteiger partial charge in [-0.05, 0) is 44.0 Å². The Morgan fingerprint density at radius 2 is 1.88 bits per heavy atom. The van der Waals surface area contributed by atoms with E-state index in [0.717, 1.165) is 15.7 Å². The number of halogens is 1. The Morgan fingerprint density at radius 3 is 2.50 bits per heavy atom. The second-order valence-corrected chi connectivity index (χ2v) is 7.10. The molecular weight excluding hydrogens is 364 g/mol. The summed E-state index contributed by atoms with van der Waals surface area (Å²) in [6.07, 6.45) is 0.483. The maximum absolute atomic E-state index is 12.6. The summed E-state index contributed by atoms with van der Waals surface area (Å²) in [6, 6.07) is 16.5. The van der Waals surface area contributed by atoms with Crippen molar-refractivity contribution in [3.8, 4) is 0 Å². The van der Waals surface area contributed by atoms with E-state index >= 15 is 0 Å². The molecular formula is C20H25BrN2O. The lowest BCUT2D eigenvalue weighted by Gasteiger charge is -2.27. The number of nitrogens with one attached hydrogen (secondary N) is 1. The fourth-order valence-electron chi connectivity index (χ4n) is 2.50. The Morgan fingerprint density at radius 1 is 1.17 bits per heavy atom. The fourth-order valence-corrected chi connectivity index (χ4v) is 2.88. The average molecular weight is 389 g/mol. The van der Waals surface area contributed by atoms with Crippen LogP contribution in [0.5, 0.6) is 0 Å². The van der Waals surface area contributed by atoms with Crippen molar-refractivity contribution < 1.29 is 4.79 Å². The van der Waals surface area contributed by atoms with Crippen LogP contribution in [0, 0.1) is 6.92 Å². The molecule has 0 atom stereocenters. The van der Waals surface area contributed by atoms with Crippen LogP contribution in [0.2, 0.25) is 0 Å². The summed E-state index contributed by atoms with van der Waals surface area (Å²) in [6.45, 7) is 7.47. The SMILES string of the molecule is Cc1ccc(NCCC(=O)N(Cc2ccccc2)C(C)C)cc1Br. The van der Waals surface area contributed by atoms with Crippen molar-refractivity contribution in [2.75, 3.05) is 11.9 Å². The normalized spacial score (nSPS) is 10.7. The van der Waals surface area contributed by atoms with Gasteiger partial charge in [0.05, 0.1) is 0 Å². The number of hydrogen-bond donors (Lipinski definition) is 1. The molecule has 0 heterocycles. The first-order valence-corrected chi connectivity index (χ1v) is 9.10. The molecule has 1 amide bonds. The molecule has 0 radical (unpaired) electrons. The Labute approximate surface area is 153 Å². The van der Waals surface area contributed by atoms with E-state index in [2.05, 4.69) is 60.2 Å². The minimum Gasteiger partial charge on any atom is -0.384 e. The standard InChI is InChI=1S/C20H25BrN2O/c1-15(2)23(14-17-7-5-4-6-8-17)20(24)11-12-22-18-10-9-16(3)19(21)13-18/h4-10,13,15,22H,11-12,14H2,1-3H3. The van der Waals surface area contributed by atoms with Gasteiger partial charge in [-0.15, -0.1) is 0 Å². The van der Waals surface area contributed by atoms with Gasteiger partial charge in [-0.3, -0.25) is 4.79 Å². The molecule has 0 aliphatic rings. The van der Waals surface area contributed by atoms with Crippen LogP contribution in [0.1, 0.15) is 31.4 Å². The van der Waals surface area contributed by atoms with E-state index in [9.17, 15) is 4.79 Å². The van der Waals surface area contributed by atoms with E-state index in [0.29, 0.717) is 19.5 Å². The summed E-state index contributed by atoms with van der Waals surface area (Å²) < 4.78 is 1.08. The number of benzene rings is 2. The van der Waals surface area contributed by atoms with Crippen LogP contribution in [0.3, 0.4) is 0 Å². The smallest absolute Gasteiger partial charge is 0.224 e. The van der Waals surface area contributed by atoms with Crippen LogP contribution in [0.15, 0.2) is 53.0 Å². The highest BCUT2D eigenvalue weighted by molar-refractivity contribution is 9.10. The van der Waals surface area contributed by atoms with Crippen molar-refractivity contribution in [2.24, 2.45) is 0 Å². The molecule has 0 unspecified atom stereocenters. The summed E-state index contributed by atoms with van der Waals surface area (Å²) in [5.74, 6) is 0.174. The number of aryl methyl sites for hydroxylation is 1. The van der Waals surface area contributed by atoms with Crippen LogP contribution >= 0.6 is 15.9 Å². The lowest BCUT2D eigenvalue weighted by molar-refractivity contribution is -0.133. The van der Waals surface area contributed by atoms with Crippen molar-refractivity contribution in [2.45, 2.75) is 39.8 Å². The number of amides is 1. The van der Waals surface area contributed by atoms with E-state index in [1.807, 2.05) is 35.2 Å². The first kappa shape index (κ1) is 18.5. The van der Waals surface area contributed by atoms with Gasteiger partial charge in [0.25, 0.3) is 0 Å². The van der Waals surface area contributed by atoms with Gasteiger partial charge >= 0.3 is 0 Å². The molecule has 3 nitrogen and oxygen atoms in total. The number of carbonyl (C=O) groups excluding carboxylic acids is 1. The molecule has 2 aromatic carbocycles. The molecule has 0 bridgehead atoms. The van der Waals surface area contributed by atoms with Crippen molar-refractivity contribution in [3.63, 3.8) is 0 Å². The van der Waals surface area contributed by atoms with Gasteiger partial charge in [0, 0.05) is 35.7 Å². The Bertz CT molecular complexity index is 671. The van der Waals surface area contributed by atoms with Gasteiger partial charge in [0.15, 0.2) is 0 Å². The number of nitrogens with zero attached hydrogens (tertiary/aromatic N) is 1. The van der Waals surface area contributed by atoms with E-state index in [1.165, 1.54) is 5.56 Å². The Kier molecular flexibility index (Phi) is 6.85. The van der Waals surface area contributed by atoms with Crippen LogP contribution in [0.25, 0.3) is 0 Å². The highest BCUT2D eigenvalue weighted by atomic mass is 79.9. The van der Waals surface area contributed by atoms with E-state index < -0.39 is 0 Å². The van der Waals surface area contributed by atoms with Crippen LogP contribution in [0.4, 0.5) is 5.69 Å². The number of anilines is 1. The molecule has 0 aromatic heterocycles. The molecule has 0 saturated carbocycles. The zero-order valence-corrected chi connectivity index (χ0v) is 16.1. The summed E-state index contributed by atoms with van der Waals surface area (Å²) in [4.78, 5) is 14.5. The fraction of sp³-hybridized carbons (Fsp3) is 0.350. The highest BCUT2D eigenvalue weighted by Crippen LogP contribution is 2.20. The van der Waals surface area contributed by atoms with Gasteiger partial charge < -0.3 is 10.2 Å². The zero-order valence-electron chi connectivity index (χ0n) is 14.6. The number of hydrogen-bond acceptors (Lipinski definition) is 2. The molecule has 0 aliphatic carbocycles. The largest absolute Gasteiger partial charge is 0.384 e. The minimum atomic E-state index is 0.174. The zero-order chi connectivity index (χ0) is 17.5. The lowest BCUT2D eigenvalue weighted by atomic mass is 10.1. The predicted molar refractivity (Wildman–Crippen MR) is 104 cm³/mol. The van der Waals surface area contributed by atoms with Crippen LogP contribution in [-0.2, 0) is 11.3 Å². The Balaban J connectivity index is 1.89. The van der Waals surface area contributed by atoms with Gasteiger partial charge in [-0.2, -0.15) is 0 Å². The maximum atomic E-state index is 12.6. The van der Waals surface area contributed by atoms with Crippen molar-refractivity contribution >= 4 is 27.5 Å². The number of carbonyl (C=O) groups is 1. The highest BCUT2D eigenvalue weighted by Gasteiger charge is 2.16. The van der Waals surface area contributed by atoms with E-state index in [4.69, 9.17) is 0 Å². The van der Waals surface area contributed by atoms with E-state index in [-0.39, 0.29) is 11.9 Å². The summed E-state index contributed by atoms with van der Waals surface area (Å²) in [7, 11) is 0. The molecule has 0 saturated heterocycles. The van der Waals surface area contributed by atoms with Crippen molar-refractivity contribution in [1.82, 2.24) is 4.90 Å². The lowest BCUT2D eigenvalue weighted by Crippen LogP contribution is -2.37. The molecule has 2 aromatic rings. The molecule has 24 heavy (non-hydrogen) atoms. The third-order valence-corrected chi connectivity index (χ3v) is 4.83. The van der Waals surface area contributed by atoms with Crippen molar-refractivity contribution in [3.05, 3.63) is 64.1 Å². The van der Waals surface area contributed by atoms with Gasteiger partial charge in [0.1, 0.15) is 0 Å². The molecule has 0 aliphatic heterocycles. The minimum absolute atomic E-state index is 0.174. The predicted octanol–water partition coefficient (Wildman–Crippen LogP) is 5.00. The summed E-state index contributed by atoms with van der Waals surface area (Å²) >= 11 is 3.53. The molecule has 0 fully saturated rings. The van der Waals surface area contributed by atoms with Crippen LogP contribution < -0.4 is 5.32 Å². The van der Waals surface area contributed by atoms with Gasteiger partial charge in [-0.25, -0.2) is 0 Å². The topological polar surface area (TPSA) is 32.3 Å². The molecule has 2 rings (SSSR count). The quantitative estimate of drug-likeness (QED) is 0.723. The molecule has 1 N–H and O–H groups in total. The first-order valence-electron chi connectivity index (χ1n) is 8.31. The first-order chi connectivity index (χ1) is 11.5. The van der Waals surface area contributed by atoms with E-state index in [1.54, 1.807) is 0 Å².